The monoisotopic (exact) mass is 520 g/mol. The van der Waals surface area contributed by atoms with Crippen molar-refractivity contribution in [1.82, 2.24) is 0 Å². The Morgan fingerprint density at radius 1 is 0.293 bits per heavy atom. The first-order valence-electron chi connectivity index (χ1n) is 14.1. The van der Waals surface area contributed by atoms with E-state index in [9.17, 15) is 0 Å². The molecule has 9 rings (SSSR count). The Hall–Kier alpha value is -5.40. The van der Waals surface area contributed by atoms with Gasteiger partial charge in [0.2, 0.25) is 0 Å². The highest BCUT2D eigenvalue weighted by Crippen LogP contribution is 2.49. The third kappa shape index (κ3) is 3.18. The van der Waals surface area contributed by atoms with E-state index in [4.69, 9.17) is 4.42 Å². The van der Waals surface area contributed by atoms with Gasteiger partial charge in [0.25, 0.3) is 0 Å². The highest BCUT2D eigenvalue weighted by atomic mass is 16.3. The van der Waals surface area contributed by atoms with Crippen molar-refractivity contribution < 1.29 is 4.42 Å². The largest absolute Gasteiger partial charge is 0.455 e. The number of hydrogen-bond donors (Lipinski definition) is 0. The van der Waals surface area contributed by atoms with Gasteiger partial charge in [-0.1, -0.05) is 133 Å². The summed E-state index contributed by atoms with van der Waals surface area (Å²) in [6.07, 6.45) is 0. The molecule has 0 unspecified atom stereocenters. The number of rotatable bonds is 2. The Morgan fingerprint density at radius 2 is 0.829 bits per heavy atom. The Labute approximate surface area is 236 Å². The van der Waals surface area contributed by atoms with Gasteiger partial charge >= 0.3 is 0 Å². The van der Waals surface area contributed by atoms with Crippen LogP contribution in [0.3, 0.4) is 0 Å². The standard InChI is InChI=1S/C40H24O/c1-2-13-26(14-3-1)36-30-18-8-10-20-32(30)37(33-21-11-9-19-31(33)36)38-28-16-6-5-15-27(28)24-35-34-23-22-25-12-4-7-17-29(25)39(34)41-40(35)38/h1-24H. The maximum atomic E-state index is 6.97. The lowest BCUT2D eigenvalue weighted by molar-refractivity contribution is 0.674. The van der Waals surface area contributed by atoms with Gasteiger partial charge in [0.15, 0.2) is 0 Å². The minimum atomic E-state index is 0.942. The second kappa shape index (κ2) is 8.55. The van der Waals surface area contributed by atoms with Gasteiger partial charge in [-0.3, -0.25) is 0 Å². The van der Waals surface area contributed by atoms with Crippen molar-refractivity contribution in [3.63, 3.8) is 0 Å². The van der Waals surface area contributed by atoms with Gasteiger partial charge in [0.05, 0.1) is 0 Å². The van der Waals surface area contributed by atoms with E-state index in [2.05, 4.69) is 146 Å². The van der Waals surface area contributed by atoms with Crippen molar-refractivity contribution >= 4 is 65.0 Å². The summed E-state index contributed by atoms with van der Waals surface area (Å²) in [5.41, 5.74) is 6.77. The smallest absolute Gasteiger partial charge is 0.143 e. The molecule has 0 atom stereocenters. The summed E-state index contributed by atoms with van der Waals surface area (Å²) in [4.78, 5) is 0. The molecule has 1 heteroatoms. The molecule has 0 fully saturated rings. The molecule has 0 spiro atoms. The van der Waals surface area contributed by atoms with Crippen LogP contribution < -0.4 is 0 Å². The van der Waals surface area contributed by atoms with Crippen LogP contribution in [0.1, 0.15) is 0 Å². The molecular formula is C40H24O. The van der Waals surface area contributed by atoms with Gasteiger partial charge in [0, 0.05) is 27.3 Å². The van der Waals surface area contributed by atoms with Crippen LogP contribution in [0.15, 0.2) is 150 Å². The van der Waals surface area contributed by atoms with Crippen LogP contribution in [0.4, 0.5) is 0 Å². The summed E-state index contributed by atoms with van der Waals surface area (Å²) in [7, 11) is 0. The fraction of sp³-hybridized carbons (Fsp3) is 0. The van der Waals surface area contributed by atoms with E-state index in [1.807, 2.05) is 0 Å². The number of hydrogen-bond acceptors (Lipinski definition) is 1. The summed E-state index contributed by atoms with van der Waals surface area (Å²) < 4.78 is 6.97. The summed E-state index contributed by atoms with van der Waals surface area (Å²) in [6.45, 7) is 0. The number of benzene rings is 8. The molecule has 190 valence electrons. The molecular weight excluding hydrogens is 496 g/mol. The summed E-state index contributed by atoms with van der Waals surface area (Å²) >= 11 is 0. The third-order valence-electron chi connectivity index (χ3n) is 8.62. The lowest BCUT2D eigenvalue weighted by Crippen LogP contribution is -1.92. The minimum absolute atomic E-state index is 0.942. The van der Waals surface area contributed by atoms with Crippen LogP contribution >= 0.6 is 0 Å². The molecule has 8 aromatic carbocycles. The Balaban J connectivity index is 1.54. The third-order valence-corrected chi connectivity index (χ3v) is 8.62. The molecule has 1 aromatic heterocycles. The molecule has 0 aliphatic carbocycles. The molecule has 0 bridgehead atoms. The lowest BCUT2D eigenvalue weighted by Gasteiger charge is -2.19. The molecule has 0 amide bonds. The lowest BCUT2D eigenvalue weighted by atomic mass is 9.84. The Bertz CT molecular complexity index is 2410. The van der Waals surface area contributed by atoms with Crippen LogP contribution in [-0.4, -0.2) is 0 Å². The van der Waals surface area contributed by atoms with Gasteiger partial charge < -0.3 is 4.42 Å². The fourth-order valence-electron chi connectivity index (χ4n) is 6.86. The van der Waals surface area contributed by atoms with Crippen molar-refractivity contribution in [2.75, 3.05) is 0 Å². The molecule has 0 aliphatic rings. The second-order valence-electron chi connectivity index (χ2n) is 10.8. The Morgan fingerprint density at radius 3 is 1.51 bits per heavy atom. The maximum Gasteiger partial charge on any atom is 0.143 e. The minimum Gasteiger partial charge on any atom is -0.455 e. The predicted molar refractivity (Wildman–Crippen MR) is 175 cm³/mol. The van der Waals surface area contributed by atoms with E-state index in [-0.39, 0.29) is 0 Å². The quantitative estimate of drug-likeness (QED) is 0.207. The molecule has 0 N–H and O–H groups in total. The van der Waals surface area contributed by atoms with Crippen LogP contribution in [-0.2, 0) is 0 Å². The van der Waals surface area contributed by atoms with E-state index in [0.29, 0.717) is 0 Å². The topological polar surface area (TPSA) is 13.1 Å². The zero-order valence-corrected chi connectivity index (χ0v) is 22.3. The maximum absolute atomic E-state index is 6.97. The Kier molecular flexibility index (Phi) is 4.67. The van der Waals surface area contributed by atoms with Crippen molar-refractivity contribution in [3.05, 3.63) is 146 Å². The van der Waals surface area contributed by atoms with Gasteiger partial charge in [-0.2, -0.15) is 0 Å². The van der Waals surface area contributed by atoms with Gasteiger partial charge in [-0.25, -0.2) is 0 Å². The molecule has 0 saturated carbocycles. The number of furan rings is 1. The summed E-state index contributed by atoms with van der Waals surface area (Å²) in [6, 6.07) is 52.4. The van der Waals surface area contributed by atoms with Crippen LogP contribution in [0.25, 0.3) is 87.3 Å². The molecule has 9 aromatic rings. The van der Waals surface area contributed by atoms with Gasteiger partial charge in [-0.15, -0.1) is 0 Å². The highest BCUT2D eigenvalue weighted by molar-refractivity contribution is 6.29. The first-order chi connectivity index (χ1) is 20.4. The molecule has 41 heavy (non-hydrogen) atoms. The van der Waals surface area contributed by atoms with Crippen molar-refractivity contribution in [3.8, 4) is 22.3 Å². The zero-order valence-electron chi connectivity index (χ0n) is 22.3. The van der Waals surface area contributed by atoms with Gasteiger partial charge in [-0.05, 0) is 61.0 Å². The molecule has 0 saturated heterocycles. The van der Waals surface area contributed by atoms with E-state index in [0.717, 1.165) is 32.9 Å². The average Bonchev–Trinajstić information content (AvgIpc) is 3.42. The molecule has 0 radical (unpaired) electrons. The van der Waals surface area contributed by atoms with E-state index in [1.54, 1.807) is 0 Å². The SMILES string of the molecule is c1ccc(-c2c3ccccc3c(-c3c4ccccc4cc4c3oc3c5ccccc5ccc43)c3ccccc23)cc1. The molecule has 1 heterocycles. The summed E-state index contributed by atoms with van der Waals surface area (Å²) in [5, 5.41) is 12.0. The van der Waals surface area contributed by atoms with Gasteiger partial charge in [0.1, 0.15) is 11.2 Å². The average molecular weight is 521 g/mol. The molecule has 0 aliphatic heterocycles. The highest BCUT2D eigenvalue weighted by Gasteiger charge is 2.23. The summed E-state index contributed by atoms with van der Waals surface area (Å²) in [5.74, 6) is 0. The van der Waals surface area contributed by atoms with Crippen molar-refractivity contribution in [2.45, 2.75) is 0 Å². The first kappa shape index (κ1) is 22.4. The van der Waals surface area contributed by atoms with E-state index >= 15 is 0 Å². The zero-order chi connectivity index (χ0) is 26.9. The van der Waals surface area contributed by atoms with Crippen LogP contribution in [0.5, 0.6) is 0 Å². The van der Waals surface area contributed by atoms with Crippen molar-refractivity contribution in [1.29, 1.82) is 0 Å². The fourth-order valence-corrected chi connectivity index (χ4v) is 6.86. The van der Waals surface area contributed by atoms with Crippen LogP contribution in [0, 0.1) is 0 Å². The van der Waals surface area contributed by atoms with E-state index in [1.165, 1.54) is 54.4 Å². The predicted octanol–water partition coefficient (Wildman–Crippen LogP) is 11.5. The van der Waals surface area contributed by atoms with Crippen LogP contribution in [0.2, 0.25) is 0 Å². The normalized spacial score (nSPS) is 11.9. The van der Waals surface area contributed by atoms with E-state index < -0.39 is 0 Å². The van der Waals surface area contributed by atoms with Crippen molar-refractivity contribution in [2.24, 2.45) is 0 Å². The second-order valence-corrected chi connectivity index (χ2v) is 10.8. The molecule has 1 nitrogen and oxygen atoms in total. The first-order valence-corrected chi connectivity index (χ1v) is 14.1. The number of fused-ring (bicyclic) bond motifs is 8.